The Bertz CT molecular complexity index is 2830. The minimum absolute atomic E-state index is 0.00135. The molecule has 0 atom stereocenters. The Balaban J connectivity index is 1.26. The lowest BCUT2D eigenvalue weighted by molar-refractivity contribution is 0.439. The second-order valence-electron chi connectivity index (χ2n) is 22.5. The maximum Gasteiger partial charge on any atom is 0.137 e. The van der Waals surface area contributed by atoms with Gasteiger partial charge in [-0.1, -0.05) is 134 Å². The summed E-state index contributed by atoms with van der Waals surface area (Å²) >= 11 is 0. The summed E-state index contributed by atoms with van der Waals surface area (Å²) in [6.07, 6.45) is 4.15. The standard InChI is InChI=1S/C58H70N4O/c1-16-58(15,17-2)41-19-18-20-43(29-41)60-37-61(52-33-39(55(6,7)8)22-26-49(52)60)44-30-42(57(12,13)14)31-46(35-44)63-45-23-25-48-47-24-21-38(54(3,4)5)32-50(47)62(51(48)36-45)53-34-40(27-28-59-53)56(9,10)11/h18-36H,16-17,37H2,1-15H3. The van der Waals surface area contributed by atoms with Crippen molar-refractivity contribution < 1.29 is 4.74 Å². The topological polar surface area (TPSA) is 33.5 Å². The third kappa shape index (κ3) is 8.36. The molecule has 0 N–H and O–H groups in total. The van der Waals surface area contributed by atoms with Gasteiger partial charge in [-0.15, -0.1) is 0 Å². The van der Waals surface area contributed by atoms with E-state index in [-0.39, 0.29) is 27.1 Å². The Hall–Kier alpha value is -5.55. The molecule has 8 rings (SSSR count). The summed E-state index contributed by atoms with van der Waals surface area (Å²) < 4.78 is 9.38. The van der Waals surface area contributed by atoms with Crippen LogP contribution in [0.3, 0.4) is 0 Å². The highest BCUT2D eigenvalue weighted by Crippen LogP contribution is 2.49. The summed E-state index contributed by atoms with van der Waals surface area (Å²) in [5, 5.41) is 2.38. The number of fused-ring (bicyclic) bond motifs is 4. The number of nitrogens with zero attached hydrogens (tertiary/aromatic N) is 4. The normalized spacial score (nSPS) is 14.0. The molecule has 63 heavy (non-hydrogen) atoms. The second kappa shape index (κ2) is 15.6. The van der Waals surface area contributed by atoms with Gasteiger partial charge in [-0.2, -0.15) is 0 Å². The molecule has 5 nitrogen and oxygen atoms in total. The molecule has 0 saturated heterocycles. The predicted molar refractivity (Wildman–Crippen MR) is 270 cm³/mol. The van der Waals surface area contributed by atoms with E-state index in [1.807, 2.05) is 6.20 Å². The van der Waals surface area contributed by atoms with Gasteiger partial charge in [0, 0.05) is 40.5 Å². The summed E-state index contributed by atoms with van der Waals surface area (Å²) in [4.78, 5) is 9.97. The van der Waals surface area contributed by atoms with Gasteiger partial charge in [0.2, 0.25) is 0 Å². The zero-order valence-corrected chi connectivity index (χ0v) is 40.8. The third-order valence-corrected chi connectivity index (χ3v) is 13.9. The Morgan fingerprint density at radius 2 is 1.05 bits per heavy atom. The molecular weight excluding hydrogens is 769 g/mol. The highest BCUT2D eigenvalue weighted by molar-refractivity contribution is 6.09. The van der Waals surface area contributed by atoms with Gasteiger partial charge in [-0.3, -0.25) is 4.57 Å². The van der Waals surface area contributed by atoms with Crippen molar-refractivity contribution in [2.75, 3.05) is 16.5 Å². The smallest absolute Gasteiger partial charge is 0.137 e. The van der Waals surface area contributed by atoms with Crippen molar-refractivity contribution in [1.82, 2.24) is 9.55 Å². The van der Waals surface area contributed by atoms with Gasteiger partial charge in [0.05, 0.1) is 22.4 Å². The van der Waals surface area contributed by atoms with Gasteiger partial charge in [0.15, 0.2) is 0 Å². The molecule has 1 aliphatic heterocycles. The van der Waals surface area contributed by atoms with Crippen LogP contribution < -0.4 is 14.5 Å². The fourth-order valence-electron chi connectivity index (χ4n) is 9.03. The van der Waals surface area contributed by atoms with Crippen LogP contribution in [0.15, 0.2) is 115 Å². The van der Waals surface area contributed by atoms with Gasteiger partial charge in [-0.25, -0.2) is 4.98 Å². The quantitative estimate of drug-likeness (QED) is 0.153. The Morgan fingerprint density at radius 3 is 1.70 bits per heavy atom. The maximum atomic E-state index is 7.05. The van der Waals surface area contributed by atoms with Crippen LogP contribution in [0.2, 0.25) is 0 Å². The van der Waals surface area contributed by atoms with Gasteiger partial charge < -0.3 is 14.5 Å². The SMILES string of the molecule is CCC(C)(CC)c1cccc(N2CN(c3cc(Oc4ccc5c6ccc(C(C)(C)C)cc6n(-c6cc(C(C)(C)C)ccn6)c5c4)cc(C(C)(C)C)c3)c3cc(C(C)(C)C)ccc32)c1. The van der Waals surface area contributed by atoms with Crippen molar-refractivity contribution in [3.05, 3.63) is 143 Å². The molecule has 5 heteroatoms. The number of pyridine rings is 1. The van der Waals surface area contributed by atoms with Crippen LogP contribution in [0, 0.1) is 0 Å². The first kappa shape index (κ1) is 44.1. The van der Waals surface area contributed by atoms with Crippen LogP contribution in [0.1, 0.15) is 145 Å². The summed E-state index contributed by atoms with van der Waals surface area (Å²) in [7, 11) is 0. The third-order valence-electron chi connectivity index (χ3n) is 13.9. The van der Waals surface area contributed by atoms with E-state index in [1.165, 1.54) is 55.7 Å². The number of rotatable bonds is 8. The lowest BCUT2D eigenvalue weighted by Gasteiger charge is -2.29. The molecule has 2 aromatic heterocycles. The van der Waals surface area contributed by atoms with Crippen LogP contribution in [-0.2, 0) is 27.1 Å². The molecular formula is C58H70N4O. The number of anilines is 4. The number of aromatic nitrogens is 2. The highest BCUT2D eigenvalue weighted by Gasteiger charge is 2.33. The molecule has 1 aliphatic rings. The summed E-state index contributed by atoms with van der Waals surface area (Å²) in [6.45, 7) is 35.1. The molecule has 5 aromatic carbocycles. The van der Waals surface area contributed by atoms with E-state index in [4.69, 9.17) is 9.72 Å². The number of hydrogen-bond acceptors (Lipinski definition) is 4. The molecule has 0 aliphatic carbocycles. The van der Waals surface area contributed by atoms with Crippen LogP contribution in [-0.4, -0.2) is 16.2 Å². The van der Waals surface area contributed by atoms with Crippen molar-refractivity contribution in [3.8, 4) is 17.3 Å². The van der Waals surface area contributed by atoms with Crippen molar-refractivity contribution in [2.45, 2.75) is 144 Å². The first-order valence-corrected chi connectivity index (χ1v) is 23.2. The molecule has 7 aromatic rings. The van der Waals surface area contributed by atoms with E-state index < -0.39 is 0 Å². The van der Waals surface area contributed by atoms with E-state index in [9.17, 15) is 0 Å². The number of hydrogen-bond donors (Lipinski definition) is 0. The summed E-state index contributed by atoms with van der Waals surface area (Å²) in [5.74, 6) is 2.52. The van der Waals surface area contributed by atoms with Crippen molar-refractivity contribution in [3.63, 3.8) is 0 Å². The first-order chi connectivity index (χ1) is 29.5. The van der Waals surface area contributed by atoms with Gasteiger partial charge in [0.25, 0.3) is 0 Å². The molecule has 0 bridgehead atoms. The van der Waals surface area contributed by atoms with Gasteiger partial charge in [0.1, 0.15) is 24.0 Å². The van der Waals surface area contributed by atoms with E-state index in [2.05, 4.69) is 227 Å². The minimum atomic E-state index is -0.117. The van der Waals surface area contributed by atoms with Gasteiger partial charge >= 0.3 is 0 Å². The maximum absolute atomic E-state index is 7.05. The van der Waals surface area contributed by atoms with Crippen molar-refractivity contribution in [2.24, 2.45) is 0 Å². The summed E-state index contributed by atoms with van der Waals surface area (Å²) in [6, 6.07) is 41.0. The van der Waals surface area contributed by atoms with Crippen LogP contribution in [0.4, 0.5) is 22.7 Å². The molecule has 328 valence electrons. The predicted octanol–water partition coefficient (Wildman–Crippen LogP) is 16.5. The van der Waals surface area contributed by atoms with Crippen LogP contribution >= 0.6 is 0 Å². The average Bonchev–Trinajstić information content (AvgIpc) is 3.77. The molecule has 0 saturated carbocycles. The van der Waals surface area contributed by atoms with E-state index in [0.29, 0.717) is 6.67 Å². The molecule has 0 amide bonds. The fourth-order valence-corrected chi connectivity index (χ4v) is 9.03. The number of benzene rings is 5. The van der Waals surface area contributed by atoms with Crippen LogP contribution in [0.25, 0.3) is 27.6 Å². The molecule has 0 spiro atoms. The zero-order valence-electron chi connectivity index (χ0n) is 40.8. The highest BCUT2D eigenvalue weighted by atomic mass is 16.5. The Morgan fingerprint density at radius 1 is 0.476 bits per heavy atom. The van der Waals surface area contributed by atoms with E-state index >= 15 is 0 Å². The minimum Gasteiger partial charge on any atom is -0.457 e. The lowest BCUT2D eigenvalue weighted by Crippen LogP contribution is -2.25. The van der Waals surface area contributed by atoms with E-state index in [1.54, 1.807) is 0 Å². The van der Waals surface area contributed by atoms with Crippen molar-refractivity contribution in [1.29, 1.82) is 0 Å². The van der Waals surface area contributed by atoms with E-state index in [0.717, 1.165) is 46.9 Å². The van der Waals surface area contributed by atoms with Crippen molar-refractivity contribution >= 4 is 44.6 Å². The number of ether oxygens (including phenoxy) is 1. The molecule has 0 unspecified atom stereocenters. The second-order valence-corrected chi connectivity index (χ2v) is 22.5. The molecule has 0 radical (unpaired) electrons. The first-order valence-electron chi connectivity index (χ1n) is 23.2. The fraction of sp³-hybridized carbons (Fsp3) is 0.397. The lowest BCUT2D eigenvalue weighted by atomic mass is 9.78. The van der Waals surface area contributed by atoms with Crippen LogP contribution in [0.5, 0.6) is 11.5 Å². The largest absolute Gasteiger partial charge is 0.457 e. The summed E-state index contributed by atoms with van der Waals surface area (Å²) in [5.41, 5.74) is 13.4. The average molecular weight is 839 g/mol. The zero-order chi connectivity index (χ0) is 45.4. The van der Waals surface area contributed by atoms with Gasteiger partial charge in [-0.05, 0) is 134 Å². The molecule has 3 heterocycles. The monoisotopic (exact) mass is 839 g/mol. The molecule has 0 fully saturated rings. The Kier molecular flexibility index (Phi) is 10.9. The Labute approximate surface area is 378 Å².